The summed E-state index contributed by atoms with van der Waals surface area (Å²) in [4.78, 5) is 0. The topological polar surface area (TPSA) is 18.5 Å². The quantitative estimate of drug-likeness (QED) is 0.594. The molecule has 1 heterocycles. The Morgan fingerprint density at radius 2 is 1.68 bits per heavy atom. The summed E-state index contributed by atoms with van der Waals surface area (Å²) >= 11 is 0. The number of ether oxygens (including phenoxy) is 2. The third-order valence-corrected chi connectivity index (χ3v) is 6.50. The SMILES string of the molecule is CC1COC(c2ccc(C3=CCC(C4CCC(CF)CC4)C(F)=C3)cc2)OC1. The zero-order chi connectivity index (χ0) is 19.5. The molecule has 1 aliphatic heterocycles. The predicted molar refractivity (Wildman–Crippen MR) is 107 cm³/mol. The molecular weight excluding hydrogens is 358 g/mol. The maximum absolute atomic E-state index is 14.9. The summed E-state index contributed by atoms with van der Waals surface area (Å²) in [5.74, 6) is 0.919. The number of benzene rings is 1. The molecule has 1 saturated carbocycles. The number of hydrogen-bond acceptors (Lipinski definition) is 2. The van der Waals surface area contributed by atoms with Crippen LogP contribution in [0.25, 0.3) is 5.57 Å². The molecule has 1 aromatic rings. The molecule has 1 saturated heterocycles. The molecule has 0 N–H and O–H groups in total. The van der Waals surface area contributed by atoms with Crippen LogP contribution < -0.4 is 0 Å². The molecule has 0 radical (unpaired) electrons. The highest BCUT2D eigenvalue weighted by atomic mass is 19.1. The van der Waals surface area contributed by atoms with E-state index in [0.29, 0.717) is 25.0 Å². The summed E-state index contributed by atoms with van der Waals surface area (Å²) < 4.78 is 39.2. The minimum atomic E-state index is -0.304. The second-order valence-corrected chi connectivity index (χ2v) is 8.69. The van der Waals surface area contributed by atoms with Crippen molar-refractivity contribution in [2.45, 2.75) is 45.3 Å². The fourth-order valence-corrected chi connectivity index (χ4v) is 4.67. The van der Waals surface area contributed by atoms with E-state index in [-0.39, 0.29) is 30.6 Å². The lowest BCUT2D eigenvalue weighted by atomic mass is 9.73. The van der Waals surface area contributed by atoms with Crippen LogP contribution in [0.1, 0.15) is 56.4 Å². The average molecular weight is 388 g/mol. The number of hydrogen-bond donors (Lipinski definition) is 0. The first-order chi connectivity index (χ1) is 13.6. The fourth-order valence-electron chi connectivity index (χ4n) is 4.67. The Balaban J connectivity index is 1.38. The van der Waals surface area contributed by atoms with Gasteiger partial charge in [-0.05, 0) is 61.2 Å². The van der Waals surface area contributed by atoms with Gasteiger partial charge in [-0.2, -0.15) is 0 Å². The van der Waals surface area contributed by atoms with Crippen molar-refractivity contribution < 1.29 is 18.3 Å². The van der Waals surface area contributed by atoms with Crippen molar-refractivity contribution in [1.29, 1.82) is 0 Å². The van der Waals surface area contributed by atoms with E-state index >= 15 is 0 Å². The Hall–Kier alpha value is -1.52. The summed E-state index contributed by atoms with van der Waals surface area (Å²) in [5, 5.41) is 0. The van der Waals surface area contributed by atoms with Crippen LogP contribution in [-0.4, -0.2) is 19.9 Å². The summed E-state index contributed by atoms with van der Waals surface area (Å²) in [6.45, 7) is 3.29. The maximum atomic E-state index is 14.9. The molecule has 4 rings (SSSR count). The van der Waals surface area contributed by atoms with E-state index in [9.17, 15) is 8.78 Å². The zero-order valence-corrected chi connectivity index (χ0v) is 16.6. The predicted octanol–water partition coefficient (Wildman–Crippen LogP) is 6.40. The second-order valence-electron chi connectivity index (χ2n) is 8.69. The van der Waals surface area contributed by atoms with E-state index in [0.717, 1.165) is 48.8 Å². The molecule has 3 aliphatic rings. The monoisotopic (exact) mass is 388 g/mol. The van der Waals surface area contributed by atoms with E-state index in [1.165, 1.54) is 0 Å². The normalized spacial score (nSPS) is 33.9. The first-order valence-corrected chi connectivity index (χ1v) is 10.6. The van der Waals surface area contributed by atoms with Crippen molar-refractivity contribution in [3.63, 3.8) is 0 Å². The summed E-state index contributed by atoms with van der Waals surface area (Å²) in [7, 11) is 0. The largest absolute Gasteiger partial charge is 0.348 e. The van der Waals surface area contributed by atoms with E-state index < -0.39 is 0 Å². The van der Waals surface area contributed by atoms with E-state index in [1.54, 1.807) is 6.08 Å². The Bertz CT molecular complexity index is 709. The van der Waals surface area contributed by atoms with Gasteiger partial charge in [0, 0.05) is 17.4 Å². The summed E-state index contributed by atoms with van der Waals surface area (Å²) in [5.41, 5.74) is 2.96. The zero-order valence-electron chi connectivity index (χ0n) is 16.6. The van der Waals surface area contributed by atoms with Gasteiger partial charge in [-0.25, -0.2) is 4.39 Å². The molecule has 152 valence electrons. The van der Waals surface area contributed by atoms with Gasteiger partial charge in [0.1, 0.15) is 5.83 Å². The minimum absolute atomic E-state index is 0.0155. The first kappa shape index (κ1) is 19.8. The van der Waals surface area contributed by atoms with Crippen molar-refractivity contribution in [2.24, 2.45) is 23.7 Å². The molecule has 0 aromatic heterocycles. The van der Waals surface area contributed by atoms with Gasteiger partial charge < -0.3 is 9.47 Å². The van der Waals surface area contributed by atoms with Crippen molar-refractivity contribution in [3.05, 3.63) is 53.4 Å². The van der Waals surface area contributed by atoms with Gasteiger partial charge in [-0.1, -0.05) is 37.3 Å². The molecule has 28 heavy (non-hydrogen) atoms. The average Bonchev–Trinajstić information content (AvgIpc) is 2.74. The highest BCUT2D eigenvalue weighted by Gasteiger charge is 2.31. The maximum Gasteiger partial charge on any atom is 0.183 e. The van der Waals surface area contributed by atoms with E-state index in [4.69, 9.17) is 9.47 Å². The summed E-state index contributed by atoms with van der Waals surface area (Å²) in [6, 6.07) is 8.05. The third-order valence-electron chi connectivity index (χ3n) is 6.50. The van der Waals surface area contributed by atoms with Crippen molar-refractivity contribution in [1.82, 2.24) is 0 Å². The standard InChI is InChI=1S/C24H30F2O2/c1-16-14-27-24(28-15-16)20-8-6-18(7-9-20)21-10-11-22(23(26)12-21)19-4-2-17(13-25)3-5-19/h6-10,12,16-17,19,22,24H,2-5,11,13-15H2,1H3. The Morgan fingerprint density at radius 1 is 1.00 bits per heavy atom. The summed E-state index contributed by atoms with van der Waals surface area (Å²) in [6.07, 6.45) is 7.95. The van der Waals surface area contributed by atoms with Crippen molar-refractivity contribution >= 4 is 5.57 Å². The van der Waals surface area contributed by atoms with Crippen LogP contribution in [-0.2, 0) is 9.47 Å². The first-order valence-electron chi connectivity index (χ1n) is 10.6. The molecule has 1 atom stereocenters. The van der Waals surface area contributed by atoms with Gasteiger partial charge in [-0.3, -0.25) is 4.39 Å². The van der Waals surface area contributed by atoms with Gasteiger partial charge >= 0.3 is 0 Å². The van der Waals surface area contributed by atoms with Crippen molar-refractivity contribution in [3.8, 4) is 0 Å². The van der Waals surface area contributed by atoms with E-state index in [1.807, 2.05) is 24.3 Å². The molecular formula is C24H30F2O2. The highest BCUT2D eigenvalue weighted by molar-refractivity contribution is 5.75. The fraction of sp³-hybridized carbons (Fsp3) is 0.583. The smallest absolute Gasteiger partial charge is 0.183 e. The van der Waals surface area contributed by atoms with Crippen molar-refractivity contribution in [2.75, 3.05) is 19.9 Å². The molecule has 2 aliphatic carbocycles. The third kappa shape index (κ3) is 4.38. The molecule has 1 unspecified atom stereocenters. The Morgan fingerprint density at radius 3 is 2.29 bits per heavy atom. The van der Waals surface area contributed by atoms with Gasteiger partial charge in [0.15, 0.2) is 6.29 Å². The number of rotatable bonds is 4. The van der Waals surface area contributed by atoms with E-state index in [2.05, 4.69) is 13.0 Å². The van der Waals surface area contributed by atoms with Crippen LogP contribution in [0.15, 0.2) is 42.2 Å². The van der Waals surface area contributed by atoms with Crippen LogP contribution in [0.2, 0.25) is 0 Å². The second kappa shape index (κ2) is 8.87. The van der Waals surface area contributed by atoms with Gasteiger partial charge in [0.05, 0.1) is 19.9 Å². The Kier molecular flexibility index (Phi) is 6.27. The number of alkyl halides is 1. The number of allylic oxidation sites excluding steroid dienone is 4. The van der Waals surface area contributed by atoms with Gasteiger partial charge in [0.25, 0.3) is 0 Å². The molecule has 0 amide bonds. The highest BCUT2D eigenvalue weighted by Crippen LogP contribution is 2.42. The lowest BCUT2D eigenvalue weighted by Crippen LogP contribution is -2.25. The lowest BCUT2D eigenvalue weighted by Gasteiger charge is -2.33. The molecule has 4 heteroatoms. The van der Waals surface area contributed by atoms with Crippen LogP contribution in [0.3, 0.4) is 0 Å². The molecule has 0 spiro atoms. The number of halogens is 2. The molecule has 1 aromatic carbocycles. The van der Waals surface area contributed by atoms with Crippen LogP contribution >= 0.6 is 0 Å². The minimum Gasteiger partial charge on any atom is -0.348 e. The van der Waals surface area contributed by atoms with Gasteiger partial charge in [0.2, 0.25) is 0 Å². The van der Waals surface area contributed by atoms with Crippen LogP contribution in [0, 0.1) is 23.7 Å². The lowest BCUT2D eigenvalue weighted by molar-refractivity contribution is -0.202. The van der Waals surface area contributed by atoms with Crippen LogP contribution in [0.4, 0.5) is 8.78 Å². The molecule has 2 nitrogen and oxygen atoms in total. The van der Waals surface area contributed by atoms with Crippen LogP contribution in [0.5, 0.6) is 0 Å². The van der Waals surface area contributed by atoms with Gasteiger partial charge in [-0.15, -0.1) is 0 Å². The molecule has 0 bridgehead atoms. The Labute approximate surface area is 166 Å². The molecule has 2 fully saturated rings.